The summed E-state index contributed by atoms with van der Waals surface area (Å²) >= 11 is 1.39. The lowest BCUT2D eigenvalue weighted by Gasteiger charge is -1.85. The van der Waals surface area contributed by atoms with Gasteiger partial charge in [0.2, 0.25) is 0 Å². The number of anilines is 1. The smallest absolute Gasteiger partial charge is 0.110 e. The molecule has 0 fully saturated rings. The molecule has 46 valence electrons. The van der Waals surface area contributed by atoms with Gasteiger partial charge in [0, 0.05) is 16.6 Å². The summed E-state index contributed by atoms with van der Waals surface area (Å²) in [7, 11) is 0. The maximum atomic E-state index is 8.44. The Labute approximate surface area is 57.5 Å². The number of nitriles is 1. The second-order valence-electron chi connectivity index (χ2n) is 1.76. The van der Waals surface area contributed by atoms with Gasteiger partial charge in [0.1, 0.15) is 10.9 Å². The van der Waals surface area contributed by atoms with Gasteiger partial charge in [0.15, 0.2) is 0 Å². The Morgan fingerprint density at radius 1 is 1.78 bits per heavy atom. The minimum Gasteiger partial charge on any atom is -0.398 e. The van der Waals surface area contributed by atoms with Crippen LogP contribution in [0, 0.1) is 18.3 Å². The zero-order chi connectivity index (χ0) is 6.85. The Morgan fingerprint density at radius 3 is 2.67 bits per heavy atom. The summed E-state index contributed by atoms with van der Waals surface area (Å²) < 4.78 is 0. The average molecular weight is 138 g/mol. The molecule has 0 spiro atoms. The van der Waals surface area contributed by atoms with E-state index in [4.69, 9.17) is 11.0 Å². The van der Waals surface area contributed by atoms with Crippen LogP contribution in [-0.4, -0.2) is 0 Å². The van der Waals surface area contributed by atoms with E-state index in [0.29, 0.717) is 4.88 Å². The van der Waals surface area contributed by atoms with E-state index in [-0.39, 0.29) is 0 Å². The van der Waals surface area contributed by atoms with Crippen LogP contribution in [0.1, 0.15) is 10.4 Å². The normalized spacial score (nSPS) is 8.89. The number of nitrogen functional groups attached to an aromatic ring is 1. The molecule has 9 heavy (non-hydrogen) atoms. The monoisotopic (exact) mass is 138 g/mol. The van der Waals surface area contributed by atoms with Gasteiger partial charge in [-0.15, -0.1) is 11.3 Å². The van der Waals surface area contributed by atoms with Gasteiger partial charge in [0.25, 0.3) is 0 Å². The molecule has 0 unspecified atom stereocenters. The van der Waals surface area contributed by atoms with Gasteiger partial charge < -0.3 is 5.73 Å². The third-order valence-corrected chi connectivity index (χ3v) is 2.18. The van der Waals surface area contributed by atoms with Crippen LogP contribution in [0.25, 0.3) is 0 Å². The lowest BCUT2D eigenvalue weighted by atomic mass is 10.3. The van der Waals surface area contributed by atoms with Crippen molar-refractivity contribution < 1.29 is 0 Å². The van der Waals surface area contributed by atoms with Crippen molar-refractivity contribution in [1.82, 2.24) is 0 Å². The molecule has 0 bridgehead atoms. The summed E-state index contributed by atoms with van der Waals surface area (Å²) in [6.07, 6.45) is 0. The standard InChI is InChI=1S/C6H6N2S/c1-4-5(8)3-9-6(4)2-7/h3H,8H2,1H3. The lowest BCUT2D eigenvalue weighted by molar-refractivity contribution is 1.47. The highest BCUT2D eigenvalue weighted by atomic mass is 32.1. The van der Waals surface area contributed by atoms with Gasteiger partial charge in [-0.2, -0.15) is 5.26 Å². The number of hydrogen-bond acceptors (Lipinski definition) is 3. The number of rotatable bonds is 0. The highest BCUT2D eigenvalue weighted by Gasteiger charge is 2.01. The molecule has 1 aromatic heterocycles. The first kappa shape index (κ1) is 6.12. The highest BCUT2D eigenvalue weighted by molar-refractivity contribution is 7.11. The molecule has 2 nitrogen and oxygen atoms in total. The summed E-state index contributed by atoms with van der Waals surface area (Å²) in [5.41, 5.74) is 7.10. The molecule has 0 saturated carbocycles. The molecule has 0 saturated heterocycles. The summed E-state index contributed by atoms with van der Waals surface area (Å²) in [5, 5.41) is 10.2. The largest absolute Gasteiger partial charge is 0.398 e. The van der Waals surface area contributed by atoms with Crippen LogP contribution in [0.4, 0.5) is 5.69 Å². The molecule has 1 rings (SSSR count). The third-order valence-electron chi connectivity index (χ3n) is 1.18. The Hall–Kier alpha value is -1.01. The molecule has 0 aliphatic rings. The maximum Gasteiger partial charge on any atom is 0.110 e. The van der Waals surface area contributed by atoms with Gasteiger partial charge in [-0.3, -0.25) is 0 Å². The van der Waals surface area contributed by atoms with Gasteiger partial charge in [-0.05, 0) is 6.92 Å². The van der Waals surface area contributed by atoms with E-state index in [1.54, 1.807) is 5.38 Å². The Kier molecular flexibility index (Phi) is 1.41. The maximum absolute atomic E-state index is 8.44. The molecule has 0 atom stereocenters. The highest BCUT2D eigenvalue weighted by Crippen LogP contribution is 2.21. The van der Waals surface area contributed by atoms with E-state index in [1.807, 2.05) is 6.92 Å². The minimum atomic E-state index is 0.715. The van der Waals surface area contributed by atoms with Crippen molar-refractivity contribution in [3.63, 3.8) is 0 Å². The number of thiophene rings is 1. The molecule has 0 aliphatic carbocycles. The van der Waals surface area contributed by atoms with Crippen molar-refractivity contribution in [2.24, 2.45) is 0 Å². The van der Waals surface area contributed by atoms with Gasteiger partial charge in [0.05, 0.1) is 0 Å². The molecular formula is C6H6N2S. The first-order valence-corrected chi connectivity index (χ1v) is 3.37. The summed E-state index contributed by atoms with van der Waals surface area (Å²) in [4.78, 5) is 0.715. The van der Waals surface area contributed by atoms with Gasteiger partial charge in [-0.25, -0.2) is 0 Å². The lowest BCUT2D eigenvalue weighted by Crippen LogP contribution is -1.83. The third kappa shape index (κ3) is 0.889. The molecule has 3 heteroatoms. The summed E-state index contributed by atoms with van der Waals surface area (Å²) in [6.45, 7) is 1.85. The number of hydrogen-bond donors (Lipinski definition) is 1. The van der Waals surface area contributed by atoms with Crippen molar-refractivity contribution in [2.75, 3.05) is 5.73 Å². The minimum absolute atomic E-state index is 0.715. The quantitative estimate of drug-likeness (QED) is 0.590. The fourth-order valence-electron chi connectivity index (χ4n) is 0.540. The predicted octanol–water partition coefficient (Wildman–Crippen LogP) is 1.51. The van der Waals surface area contributed by atoms with E-state index in [0.717, 1.165) is 11.3 Å². The van der Waals surface area contributed by atoms with Crippen LogP contribution < -0.4 is 5.73 Å². The van der Waals surface area contributed by atoms with Crippen LogP contribution in [0.5, 0.6) is 0 Å². The van der Waals surface area contributed by atoms with Gasteiger partial charge >= 0.3 is 0 Å². The van der Waals surface area contributed by atoms with Crippen molar-refractivity contribution >= 4 is 17.0 Å². The van der Waals surface area contributed by atoms with Gasteiger partial charge in [-0.1, -0.05) is 0 Å². The first-order chi connectivity index (χ1) is 4.25. The van der Waals surface area contributed by atoms with E-state index >= 15 is 0 Å². The SMILES string of the molecule is Cc1c(N)csc1C#N. The van der Waals surface area contributed by atoms with Crippen LogP contribution >= 0.6 is 11.3 Å². The zero-order valence-corrected chi connectivity index (χ0v) is 5.83. The van der Waals surface area contributed by atoms with E-state index in [2.05, 4.69) is 6.07 Å². The van der Waals surface area contributed by atoms with E-state index < -0.39 is 0 Å². The van der Waals surface area contributed by atoms with Crippen molar-refractivity contribution in [3.8, 4) is 6.07 Å². The molecule has 1 aromatic rings. The van der Waals surface area contributed by atoms with Crippen LogP contribution in [0.3, 0.4) is 0 Å². The van der Waals surface area contributed by atoms with Crippen molar-refractivity contribution in [1.29, 1.82) is 5.26 Å². The molecule has 0 amide bonds. The molecule has 1 heterocycles. The Morgan fingerprint density at radius 2 is 2.44 bits per heavy atom. The molecule has 0 aromatic carbocycles. The topological polar surface area (TPSA) is 49.8 Å². The van der Waals surface area contributed by atoms with E-state index in [9.17, 15) is 0 Å². The molecule has 0 radical (unpaired) electrons. The Balaban J connectivity index is 3.24. The fourth-order valence-corrected chi connectivity index (χ4v) is 1.31. The van der Waals surface area contributed by atoms with Crippen molar-refractivity contribution in [2.45, 2.75) is 6.92 Å². The first-order valence-electron chi connectivity index (χ1n) is 2.49. The summed E-state index contributed by atoms with van der Waals surface area (Å²) in [6, 6.07) is 2.05. The molecule has 2 N–H and O–H groups in total. The fraction of sp³-hybridized carbons (Fsp3) is 0.167. The number of nitrogens with two attached hydrogens (primary N) is 1. The predicted molar refractivity (Wildman–Crippen MR) is 38.2 cm³/mol. The average Bonchev–Trinajstić information content (AvgIpc) is 2.15. The second-order valence-corrected chi connectivity index (χ2v) is 2.64. The van der Waals surface area contributed by atoms with Crippen molar-refractivity contribution in [3.05, 3.63) is 15.8 Å². The van der Waals surface area contributed by atoms with Crippen LogP contribution in [-0.2, 0) is 0 Å². The van der Waals surface area contributed by atoms with Crippen LogP contribution in [0.15, 0.2) is 5.38 Å². The van der Waals surface area contributed by atoms with E-state index in [1.165, 1.54) is 11.3 Å². The zero-order valence-electron chi connectivity index (χ0n) is 5.01. The molecule has 0 aliphatic heterocycles. The summed E-state index contributed by atoms with van der Waals surface area (Å²) in [5.74, 6) is 0. The van der Waals surface area contributed by atoms with Crippen LogP contribution in [0.2, 0.25) is 0 Å². The second kappa shape index (κ2) is 2.08. The molecular weight excluding hydrogens is 132 g/mol. The Bertz CT molecular complexity index is 257. The number of nitrogens with zero attached hydrogens (tertiary/aromatic N) is 1.